The van der Waals surface area contributed by atoms with E-state index in [1.807, 2.05) is 13.0 Å². The molecule has 2 heterocycles. The van der Waals surface area contributed by atoms with E-state index >= 15 is 0 Å². The molecule has 0 unspecified atom stereocenters. The van der Waals surface area contributed by atoms with Crippen LogP contribution in [0.25, 0.3) is 17.3 Å². The van der Waals surface area contributed by atoms with Crippen molar-refractivity contribution in [2.75, 3.05) is 0 Å². The average molecular weight is 758 g/mol. The third-order valence-electron chi connectivity index (χ3n) is 9.08. The van der Waals surface area contributed by atoms with E-state index in [9.17, 15) is 13.2 Å². The van der Waals surface area contributed by atoms with E-state index in [0.29, 0.717) is 22.9 Å². The Labute approximate surface area is 254 Å². The zero-order valence-corrected chi connectivity index (χ0v) is 29.2. The maximum atomic E-state index is 13.3. The van der Waals surface area contributed by atoms with E-state index in [2.05, 4.69) is 22.3 Å². The number of aryl methyl sites for hydroxylation is 3. The molecule has 3 saturated carbocycles. The Bertz CT molecular complexity index is 1400. The number of rotatable bonds is 7. The molecule has 9 heteroatoms. The molecule has 2 bridgehead atoms. The molecule has 0 spiro atoms. The summed E-state index contributed by atoms with van der Waals surface area (Å²) < 4.78 is 54.3. The molecule has 208 valence electrons. The van der Waals surface area contributed by atoms with E-state index < -0.39 is 11.7 Å². The van der Waals surface area contributed by atoms with E-state index in [4.69, 9.17) is 18.8 Å². The molecule has 0 N–H and O–H groups in total. The summed E-state index contributed by atoms with van der Waals surface area (Å²) in [6.45, 7) is 3.73. The van der Waals surface area contributed by atoms with Gasteiger partial charge in [-0.15, -0.1) is 0 Å². The number of alkyl halides is 3. The summed E-state index contributed by atoms with van der Waals surface area (Å²) in [6.07, 6.45) is 13.1. The van der Waals surface area contributed by atoms with Gasteiger partial charge < -0.3 is 4.52 Å². The van der Waals surface area contributed by atoms with Gasteiger partial charge in [0.15, 0.2) is 0 Å². The van der Waals surface area contributed by atoms with Crippen LogP contribution in [0.15, 0.2) is 41.2 Å². The summed E-state index contributed by atoms with van der Waals surface area (Å²) in [5, 5.41) is 5.03. The van der Waals surface area contributed by atoms with Crippen molar-refractivity contribution < 1.29 is 46.5 Å². The van der Waals surface area contributed by atoms with Gasteiger partial charge >= 0.3 is 35.0 Å². The molecule has 0 radical (unpaired) electrons. The fraction of sp³-hybridized carbons (Fsp3) is 0.484. The Balaban J connectivity index is 0.00000158. The minimum atomic E-state index is -4.31. The van der Waals surface area contributed by atoms with Gasteiger partial charge in [0.05, 0.1) is 10.6 Å². The Morgan fingerprint density at radius 2 is 1.82 bits per heavy atom. The average Bonchev–Trinajstić information content (AvgIpc) is 3.44. The van der Waals surface area contributed by atoms with Gasteiger partial charge in [-0.1, -0.05) is 40.5 Å². The third-order valence-corrected chi connectivity index (χ3v) is 9.36. The number of nitrogens with zero attached hydrogens (tertiary/aromatic N) is 2. The molecule has 1 aromatic carbocycles. The molecule has 0 saturated heterocycles. The predicted molar refractivity (Wildman–Crippen MR) is 144 cm³/mol. The van der Waals surface area contributed by atoms with Crippen molar-refractivity contribution in [1.29, 1.82) is 0 Å². The summed E-state index contributed by atoms with van der Waals surface area (Å²) in [7, 11) is 0. The number of allylic oxidation sites excluding steroid dienone is 1. The topological polar surface area (TPSA) is 56.0 Å². The first-order chi connectivity index (χ1) is 19.1. The monoisotopic (exact) mass is 758 g/mol. The Hall–Kier alpha value is -1.86. The second kappa shape index (κ2) is 11.4. The Morgan fingerprint density at radius 3 is 2.48 bits per heavy atom. The predicted octanol–water partition coefficient (Wildman–Crippen LogP) is 9.38. The van der Waals surface area contributed by atoms with Gasteiger partial charge in [-0.3, -0.25) is 4.98 Å². The number of benzene rings is 1. The maximum absolute atomic E-state index is 13.3. The molecule has 0 aliphatic heterocycles. The van der Waals surface area contributed by atoms with Gasteiger partial charge in [0.2, 0.25) is 0 Å². The van der Waals surface area contributed by atoms with Crippen LogP contribution >= 0.6 is 11.6 Å². The molecular weight excluding hydrogens is 725 g/mol. The van der Waals surface area contributed by atoms with Crippen LogP contribution in [0.1, 0.15) is 90.9 Å². The fourth-order valence-electron chi connectivity index (χ4n) is 6.91. The first-order valence-corrected chi connectivity index (χ1v) is 16.4. The molecule has 0 atom stereocenters. The third kappa shape index (κ3) is 6.01. The number of hydrogen-bond acceptors (Lipinski definition) is 4. The zero-order valence-electron chi connectivity index (χ0n) is 22.9. The van der Waals surface area contributed by atoms with Crippen LogP contribution in [0.2, 0.25) is 5.02 Å². The van der Waals surface area contributed by atoms with Crippen LogP contribution in [0, 0.1) is 24.7 Å². The van der Waals surface area contributed by atoms with Gasteiger partial charge in [0.25, 0.3) is 0 Å². The number of aromatic nitrogens is 2. The molecule has 40 heavy (non-hydrogen) atoms. The number of pyridine rings is 1. The first kappa shape index (κ1) is 29.6. The molecule has 4 nitrogen and oxygen atoms in total. The van der Waals surface area contributed by atoms with Crippen LogP contribution in [0.3, 0.4) is 0 Å². The normalized spacial score (nSPS) is 24.0. The molecule has 3 fully saturated rings. The quantitative estimate of drug-likeness (QED) is 0.226. The molecular formula is C31H32ClF3HgN2O2. The fourth-order valence-corrected chi connectivity index (χ4v) is 7.20. The molecule has 0 amide bonds. The molecule has 2 aromatic heterocycles. The van der Waals surface area contributed by atoms with Gasteiger partial charge in [-0.05, 0) is 106 Å². The van der Waals surface area contributed by atoms with Crippen LogP contribution in [0.5, 0.6) is 0 Å². The number of halogens is 4. The van der Waals surface area contributed by atoms with Gasteiger partial charge in [-0.25, -0.2) is 0 Å². The number of hydrogen-bond donors (Lipinski definition) is 0. The van der Waals surface area contributed by atoms with Gasteiger partial charge in [0, 0.05) is 29.4 Å². The summed E-state index contributed by atoms with van der Waals surface area (Å²) in [5.41, 5.74) is 4.89. The van der Waals surface area contributed by atoms with Crippen molar-refractivity contribution >= 4 is 17.7 Å². The molecule has 3 aliphatic rings. The van der Waals surface area contributed by atoms with Crippen molar-refractivity contribution in [2.24, 2.45) is 10.8 Å². The summed E-state index contributed by atoms with van der Waals surface area (Å²) >= 11 is 6.32. The van der Waals surface area contributed by atoms with Gasteiger partial charge in [-0.2, -0.15) is 13.2 Å². The van der Waals surface area contributed by atoms with E-state index in [0.717, 1.165) is 85.1 Å². The SMILES string of the molecule is Cc1cc(CCC23CCC(/C=C/c4c(-c5c(C)cncc5Cl)noc4C4CC4)(CC2)C3)cc(C(F)(F)F)c1.[O]=[Hg]. The van der Waals surface area contributed by atoms with Crippen molar-refractivity contribution in [2.45, 2.75) is 83.7 Å². The van der Waals surface area contributed by atoms with Crippen LogP contribution in [-0.2, 0) is 41.4 Å². The molecule has 6 rings (SSSR count). The zero-order chi connectivity index (χ0) is 28.7. The van der Waals surface area contributed by atoms with Crippen molar-refractivity contribution in [3.63, 3.8) is 0 Å². The minimum absolute atomic E-state index is 0.121. The summed E-state index contributed by atoms with van der Waals surface area (Å²) in [4.78, 5) is 4.20. The molecule has 3 aromatic rings. The Kier molecular flexibility index (Phi) is 8.46. The van der Waals surface area contributed by atoms with Crippen molar-refractivity contribution in [3.05, 3.63) is 75.3 Å². The van der Waals surface area contributed by atoms with E-state index in [1.54, 1.807) is 19.3 Å². The van der Waals surface area contributed by atoms with Crippen LogP contribution in [-0.4, -0.2) is 10.1 Å². The second-order valence-corrected chi connectivity index (χ2v) is 12.4. The Morgan fingerprint density at radius 1 is 1.10 bits per heavy atom. The number of fused-ring (bicyclic) bond motifs is 2. The van der Waals surface area contributed by atoms with Crippen molar-refractivity contribution in [3.8, 4) is 11.3 Å². The van der Waals surface area contributed by atoms with Crippen LogP contribution in [0.4, 0.5) is 13.2 Å². The van der Waals surface area contributed by atoms with E-state index in [1.165, 1.54) is 12.1 Å². The molecule has 3 aliphatic carbocycles. The standard InChI is InChI=1S/C31H32ClF3N2O.Hg.O/c1-19-13-21(15-23(14-19)31(33,34)35)5-7-29-9-11-30(18-29,12-10-29)8-6-24-27(37-38-28(24)22-3-4-22)26-20(2)16-36-17-25(26)32;;/h6,8,13-17,22H,3-5,7,9-12,18H2,1-2H3;;/b8-6+;;. The van der Waals surface area contributed by atoms with Gasteiger partial charge in [0.1, 0.15) is 11.5 Å². The van der Waals surface area contributed by atoms with Crippen molar-refractivity contribution in [1.82, 2.24) is 10.1 Å². The van der Waals surface area contributed by atoms with E-state index in [-0.39, 0.29) is 37.0 Å². The first-order valence-electron chi connectivity index (χ1n) is 13.8. The summed E-state index contributed by atoms with van der Waals surface area (Å²) in [5.74, 6) is 1.36. The second-order valence-electron chi connectivity index (χ2n) is 12.0. The van der Waals surface area contributed by atoms with Crippen LogP contribution < -0.4 is 0 Å². The summed E-state index contributed by atoms with van der Waals surface area (Å²) in [6, 6.07) is 4.47.